The Balaban J connectivity index is 0. The number of amides is 4. The predicted molar refractivity (Wildman–Crippen MR) is 129 cm³/mol. The van der Waals surface area contributed by atoms with Gasteiger partial charge in [0.1, 0.15) is 12.1 Å². The second-order valence-electron chi connectivity index (χ2n) is 8.52. The van der Waals surface area contributed by atoms with Crippen molar-refractivity contribution in [2.24, 2.45) is 11.7 Å². The van der Waals surface area contributed by atoms with Crippen molar-refractivity contribution in [3.05, 3.63) is 0 Å². The fourth-order valence-electron chi connectivity index (χ4n) is 2.95. The number of hydrogen-bond acceptors (Lipinski definition) is 6. The van der Waals surface area contributed by atoms with Crippen molar-refractivity contribution in [3.63, 3.8) is 0 Å². The molecule has 4 unspecified atom stereocenters. The van der Waals surface area contributed by atoms with Crippen LogP contribution in [-0.4, -0.2) is 59.6 Å². The zero-order chi connectivity index (χ0) is 26.3. The number of hydrogen-bond donors (Lipinski definition) is 5. The Morgan fingerprint density at radius 1 is 0.727 bits per heavy atom. The summed E-state index contributed by atoms with van der Waals surface area (Å²) in [6, 6.07) is -3.36. The van der Waals surface area contributed by atoms with Gasteiger partial charge in [-0.3, -0.25) is 24.0 Å². The van der Waals surface area contributed by atoms with Gasteiger partial charge in [0.05, 0.1) is 18.5 Å². The van der Waals surface area contributed by atoms with Crippen LogP contribution in [0.25, 0.3) is 0 Å². The molecule has 33 heavy (non-hydrogen) atoms. The van der Waals surface area contributed by atoms with Gasteiger partial charge < -0.3 is 27.0 Å². The number of carbonyl (C=O) groups is 5. The molecule has 0 aliphatic heterocycles. The molecule has 0 rings (SSSR count). The van der Waals surface area contributed by atoms with Gasteiger partial charge in [-0.05, 0) is 26.2 Å². The summed E-state index contributed by atoms with van der Waals surface area (Å²) in [7, 11) is 0. The zero-order valence-corrected chi connectivity index (χ0v) is 21.7. The van der Waals surface area contributed by atoms with Crippen LogP contribution < -0.4 is 27.0 Å². The average molecular weight is 472 g/mol. The molecule has 0 aromatic rings. The summed E-state index contributed by atoms with van der Waals surface area (Å²) in [5.74, 6) is -2.46. The lowest BCUT2D eigenvalue weighted by Gasteiger charge is -2.25. The maximum absolute atomic E-state index is 12.7. The van der Waals surface area contributed by atoms with E-state index in [2.05, 4.69) is 21.3 Å². The van der Waals surface area contributed by atoms with Gasteiger partial charge in [-0.2, -0.15) is 0 Å². The van der Waals surface area contributed by atoms with Crippen LogP contribution in [0, 0.1) is 5.92 Å². The smallest absolute Gasteiger partial charge is 0.243 e. The van der Waals surface area contributed by atoms with Gasteiger partial charge in [-0.15, -0.1) is 0 Å². The topological polar surface area (TPSA) is 159 Å². The molecule has 10 heteroatoms. The van der Waals surface area contributed by atoms with Crippen molar-refractivity contribution >= 4 is 29.4 Å². The molecule has 0 aromatic carbocycles. The molecule has 0 aliphatic carbocycles. The van der Waals surface area contributed by atoms with Crippen molar-refractivity contribution in [2.75, 3.05) is 0 Å². The van der Waals surface area contributed by atoms with E-state index in [1.54, 1.807) is 13.8 Å². The van der Waals surface area contributed by atoms with E-state index in [9.17, 15) is 24.0 Å². The first-order valence-corrected chi connectivity index (χ1v) is 11.8. The third kappa shape index (κ3) is 14.3. The van der Waals surface area contributed by atoms with E-state index in [-0.39, 0.29) is 30.1 Å². The fourth-order valence-corrected chi connectivity index (χ4v) is 2.95. The molecule has 0 saturated carbocycles. The monoisotopic (exact) mass is 471 g/mol. The van der Waals surface area contributed by atoms with Gasteiger partial charge in [0, 0.05) is 12.5 Å². The Labute approximate surface area is 198 Å². The van der Waals surface area contributed by atoms with E-state index in [1.165, 1.54) is 6.92 Å². The van der Waals surface area contributed by atoms with Crippen molar-refractivity contribution in [3.8, 4) is 0 Å². The van der Waals surface area contributed by atoms with Gasteiger partial charge in [-0.1, -0.05) is 48.5 Å². The molecule has 0 bridgehead atoms. The fraction of sp³-hybridized carbons (Fsp3) is 0.783. The summed E-state index contributed by atoms with van der Waals surface area (Å²) in [5, 5.41) is 10.7. The van der Waals surface area contributed by atoms with E-state index in [1.807, 2.05) is 41.5 Å². The van der Waals surface area contributed by atoms with Crippen molar-refractivity contribution in [1.82, 2.24) is 21.3 Å². The van der Waals surface area contributed by atoms with Gasteiger partial charge in [0.15, 0.2) is 5.78 Å². The maximum atomic E-state index is 12.7. The number of nitrogens with one attached hydrogen (secondary N) is 4. The number of primary amides is 1. The van der Waals surface area contributed by atoms with Crippen LogP contribution in [-0.2, 0) is 24.0 Å². The van der Waals surface area contributed by atoms with Crippen LogP contribution >= 0.6 is 0 Å². The first-order chi connectivity index (χ1) is 15.3. The minimum Gasteiger partial charge on any atom is -0.370 e. The molecule has 0 saturated heterocycles. The molecule has 4 atom stereocenters. The summed E-state index contributed by atoms with van der Waals surface area (Å²) in [6.07, 6.45) is 0.247. The third-order valence-electron chi connectivity index (χ3n) is 4.53. The van der Waals surface area contributed by atoms with Gasteiger partial charge in [-0.25, -0.2) is 0 Å². The van der Waals surface area contributed by atoms with Crippen LogP contribution in [0.5, 0.6) is 0 Å². The summed E-state index contributed by atoms with van der Waals surface area (Å²) in [4.78, 5) is 61.1. The highest BCUT2D eigenvalue weighted by molar-refractivity contribution is 5.96. The minimum absolute atomic E-state index is 0.0816. The highest BCUT2D eigenvalue weighted by Crippen LogP contribution is 2.08. The number of rotatable bonds is 14. The maximum Gasteiger partial charge on any atom is 0.243 e. The summed E-state index contributed by atoms with van der Waals surface area (Å²) in [5.41, 5.74) is 5.23. The Kier molecular flexibility index (Phi) is 16.9. The zero-order valence-electron chi connectivity index (χ0n) is 21.7. The quantitative estimate of drug-likeness (QED) is 0.252. The first kappa shape index (κ1) is 32.7. The van der Waals surface area contributed by atoms with E-state index in [4.69, 9.17) is 5.73 Å². The Hall–Kier alpha value is -2.49. The lowest BCUT2D eigenvalue weighted by molar-refractivity contribution is -0.134. The molecular weight excluding hydrogens is 426 g/mol. The summed E-state index contributed by atoms with van der Waals surface area (Å²) < 4.78 is 0. The largest absolute Gasteiger partial charge is 0.370 e. The molecule has 0 radical (unpaired) electrons. The predicted octanol–water partition coefficient (Wildman–Crippen LogP) is 0.774. The second-order valence-corrected chi connectivity index (χ2v) is 8.52. The molecule has 6 N–H and O–H groups in total. The Morgan fingerprint density at radius 3 is 1.64 bits per heavy atom. The molecular formula is C23H45N5O5. The number of Topliss-reactive ketones (excluding diaryl/α,β-unsaturated/α-hetero) is 1. The van der Waals surface area contributed by atoms with Crippen molar-refractivity contribution in [2.45, 2.75) is 112 Å². The van der Waals surface area contributed by atoms with Gasteiger partial charge in [0.2, 0.25) is 23.6 Å². The number of carbonyl (C=O) groups excluding carboxylic acids is 5. The molecule has 4 amide bonds. The number of ketones is 1. The first-order valence-electron chi connectivity index (χ1n) is 11.8. The van der Waals surface area contributed by atoms with Gasteiger partial charge in [0.25, 0.3) is 0 Å². The highest BCUT2D eigenvalue weighted by atomic mass is 16.2. The summed E-state index contributed by atoms with van der Waals surface area (Å²) in [6.45, 7) is 16.5. The van der Waals surface area contributed by atoms with E-state index >= 15 is 0 Å². The Bertz CT molecular complexity index is 651. The summed E-state index contributed by atoms with van der Waals surface area (Å²) >= 11 is 0. The standard InChI is InChI=1S/C21H39N5O5.C2H6/c1-8-17(27)15(9-11(2)3)25-21(31)16(10-18(22)28)26-20(30)14(7)24-19(29)13(6)23-12(4)5;1-2/h11-16,23H,8-10H2,1-7H3,(H2,22,28)(H,24,29)(H,25,31)(H,26,30);1-2H3. The van der Waals surface area contributed by atoms with Crippen LogP contribution in [0.3, 0.4) is 0 Å². The molecule has 0 heterocycles. The lowest BCUT2D eigenvalue weighted by Crippen LogP contribution is -2.57. The molecule has 10 nitrogen and oxygen atoms in total. The minimum atomic E-state index is -1.25. The average Bonchev–Trinajstić information content (AvgIpc) is 2.72. The van der Waals surface area contributed by atoms with Gasteiger partial charge >= 0.3 is 0 Å². The lowest BCUT2D eigenvalue weighted by atomic mass is 9.98. The molecule has 0 spiro atoms. The molecule has 192 valence electrons. The van der Waals surface area contributed by atoms with Crippen LogP contribution in [0.15, 0.2) is 0 Å². The van der Waals surface area contributed by atoms with Crippen LogP contribution in [0.2, 0.25) is 0 Å². The van der Waals surface area contributed by atoms with Crippen molar-refractivity contribution < 1.29 is 24.0 Å². The third-order valence-corrected chi connectivity index (χ3v) is 4.53. The molecule has 0 fully saturated rings. The van der Waals surface area contributed by atoms with E-state index in [0.29, 0.717) is 6.42 Å². The number of nitrogens with two attached hydrogens (primary N) is 1. The normalized spacial score (nSPS) is 14.3. The van der Waals surface area contributed by atoms with Crippen molar-refractivity contribution in [1.29, 1.82) is 0 Å². The van der Waals surface area contributed by atoms with Crippen LogP contribution in [0.4, 0.5) is 0 Å². The Morgan fingerprint density at radius 2 is 1.21 bits per heavy atom. The molecule has 0 aliphatic rings. The van der Waals surface area contributed by atoms with E-state index < -0.39 is 48.3 Å². The van der Waals surface area contributed by atoms with Crippen LogP contribution in [0.1, 0.15) is 81.6 Å². The SMILES string of the molecule is CC.CCC(=O)C(CC(C)C)NC(=O)C(CC(N)=O)NC(=O)C(C)NC(=O)C(C)NC(C)C. The highest BCUT2D eigenvalue weighted by Gasteiger charge is 2.29. The van der Waals surface area contributed by atoms with E-state index in [0.717, 1.165) is 0 Å². The molecule has 0 aromatic heterocycles. The second kappa shape index (κ2) is 17.0.